The van der Waals surface area contributed by atoms with Gasteiger partial charge in [0.2, 0.25) is 0 Å². The van der Waals surface area contributed by atoms with Crippen LogP contribution >= 0.6 is 0 Å². The minimum atomic E-state index is -1.07. The Morgan fingerprint density at radius 1 is 1.38 bits per heavy atom. The number of benzene rings is 1. The molecule has 1 rings (SSSR count). The highest BCUT2D eigenvalue weighted by atomic mass is 16.5. The summed E-state index contributed by atoms with van der Waals surface area (Å²) in [6, 6.07) is 2.91. The van der Waals surface area contributed by atoms with Gasteiger partial charge in [-0.15, -0.1) is 0 Å². The van der Waals surface area contributed by atoms with Crippen LogP contribution in [0.2, 0.25) is 0 Å². The van der Waals surface area contributed by atoms with E-state index < -0.39 is 5.97 Å². The summed E-state index contributed by atoms with van der Waals surface area (Å²) < 4.78 is 10.1. The molecule has 0 aliphatic heterocycles. The molecule has 1 aromatic rings. The molecule has 1 unspecified atom stereocenters. The monoisotopic (exact) mass is 225 g/mol. The highest BCUT2D eigenvalue weighted by Crippen LogP contribution is 2.34. The van der Waals surface area contributed by atoms with E-state index in [4.69, 9.17) is 20.3 Å². The van der Waals surface area contributed by atoms with E-state index in [-0.39, 0.29) is 17.4 Å². The molecular formula is C11H15NO4. The summed E-state index contributed by atoms with van der Waals surface area (Å²) in [5.41, 5.74) is 6.45. The van der Waals surface area contributed by atoms with E-state index in [1.165, 1.54) is 20.3 Å². The maximum atomic E-state index is 11.0. The van der Waals surface area contributed by atoms with Crippen LogP contribution in [0.3, 0.4) is 0 Å². The quantitative estimate of drug-likeness (QED) is 0.809. The van der Waals surface area contributed by atoms with E-state index in [9.17, 15) is 4.79 Å². The van der Waals surface area contributed by atoms with Gasteiger partial charge in [-0.25, -0.2) is 4.79 Å². The van der Waals surface area contributed by atoms with Crippen molar-refractivity contribution in [2.24, 2.45) is 5.73 Å². The first-order chi connectivity index (χ1) is 7.51. The predicted octanol–water partition coefficient (Wildman–Crippen LogP) is 1.42. The topological polar surface area (TPSA) is 81.8 Å². The van der Waals surface area contributed by atoms with Gasteiger partial charge in [0.1, 0.15) is 5.56 Å². The van der Waals surface area contributed by atoms with Crippen molar-refractivity contribution in [3.8, 4) is 11.5 Å². The Labute approximate surface area is 93.8 Å². The fraction of sp³-hybridized carbons (Fsp3) is 0.364. The van der Waals surface area contributed by atoms with E-state index >= 15 is 0 Å². The molecule has 0 spiro atoms. The number of methoxy groups -OCH3 is 2. The lowest BCUT2D eigenvalue weighted by Gasteiger charge is -2.14. The molecule has 0 amide bonds. The molecule has 3 N–H and O–H groups in total. The Hall–Kier alpha value is -1.75. The van der Waals surface area contributed by atoms with E-state index in [0.717, 1.165) is 0 Å². The van der Waals surface area contributed by atoms with Crippen LogP contribution in [0.4, 0.5) is 0 Å². The second-order valence-electron chi connectivity index (χ2n) is 3.40. The summed E-state index contributed by atoms with van der Waals surface area (Å²) >= 11 is 0. The van der Waals surface area contributed by atoms with Crippen molar-refractivity contribution in [3.63, 3.8) is 0 Å². The Bertz CT molecular complexity index is 401. The van der Waals surface area contributed by atoms with Crippen LogP contribution < -0.4 is 15.2 Å². The summed E-state index contributed by atoms with van der Waals surface area (Å²) in [5, 5.41) is 9.05. The predicted molar refractivity (Wildman–Crippen MR) is 59.1 cm³/mol. The number of rotatable bonds is 4. The lowest BCUT2D eigenvalue weighted by molar-refractivity contribution is 0.0692. The molecule has 0 aromatic heterocycles. The Kier molecular flexibility index (Phi) is 3.73. The van der Waals surface area contributed by atoms with Gasteiger partial charge in [0.15, 0.2) is 11.5 Å². The fourth-order valence-corrected chi connectivity index (χ4v) is 1.41. The van der Waals surface area contributed by atoms with Gasteiger partial charge in [0, 0.05) is 6.04 Å². The SMILES string of the molecule is COc1cc(C(C)N)cc(C(=O)O)c1OC. The van der Waals surface area contributed by atoms with E-state index in [0.29, 0.717) is 11.3 Å². The third-order valence-corrected chi connectivity index (χ3v) is 2.26. The number of hydrogen-bond acceptors (Lipinski definition) is 4. The number of nitrogens with two attached hydrogens (primary N) is 1. The maximum Gasteiger partial charge on any atom is 0.339 e. The van der Waals surface area contributed by atoms with Crippen molar-refractivity contribution in [2.75, 3.05) is 14.2 Å². The Morgan fingerprint density at radius 2 is 2.00 bits per heavy atom. The second-order valence-corrected chi connectivity index (χ2v) is 3.40. The van der Waals surface area contributed by atoms with Crippen LogP contribution in [0.25, 0.3) is 0 Å². The van der Waals surface area contributed by atoms with Crippen molar-refractivity contribution in [1.29, 1.82) is 0 Å². The average Bonchev–Trinajstić information content (AvgIpc) is 2.26. The van der Waals surface area contributed by atoms with E-state index in [1.54, 1.807) is 13.0 Å². The van der Waals surface area contributed by atoms with Crippen LogP contribution in [-0.4, -0.2) is 25.3 Å². The maximum absolute atomic E-state index is 11.0. The zero-order chi connectivity index (χ0) is 12.3. The zero-order valence-electron chi connectivity index (χ0n) is 9.48. The number of carbonyl (C=O) groups is 1. The number of aromatic carboxylic acids is 1. The summed E-state index contributed by atoms with van der Waals surface area (Å²) in [6.45, 7) is 1.77. The molecule has 1 atom stereocenters. The molecule has 5 heteroatoms. The van der Waals surface area contributed by atoms with Crippen LogP contribution in [0, 0.1) is 0 Å². The molecular weight excluding hydrogens is 210 g/mol. The largest absolute Gasteiger partial charge is 0.493 e. The van der Waals surface area contributed by atoms with Crippen molar-refractivity contribution in [1.82, 2.24) is 0 Å². The lowest BCUT2D eigenvalue weighted by Crippen LogP contribution is -2.09. The minimum Gasteiger partial charge on any atom is -0.493 e. The number of carboxylic acids is 1. The van der Waals surface area contributed by atoms with Crippen molar-refractivity contribution < 1.29 is 19.4 Å². The Balaban J connectivity index is 3.43. The molecule has 0 saturated carbocycles. The summed E-state index contributed by atoms with van der Waals surface area (Å²) in [6.07, 6.45) is 0. The third kappa shape index (κ3) is 2.25. The minimum absolute atomic E-state index is 0.0501. The lowest BCUT2D eigenvalue weighted by atomic mass is 10.0. The van der Waals surface area contributed by atoms with E-state index in [1.807, 2.05) is 0 Å². The van der Waals surface area contributed by atoms with Crippen LogP contribution in [-0.2, 0) is 0 Å². The third-order valence-electron chi connectivity index (χ3n) is 2.26. The van der Waals surface area contributed by atoms with Crippen molar-refractivity contribution in [3.05, 3.63) is 23.3 Å². The first-order valence-corrected chi connectivity index (χ1v) is 4.76. The summed E-state index contributed by atoms with van der Waals surface area (Å²) in [5.74, 6) is -0.494. The molecule has 0 aliphatic carbocycles. The first-order valence-electron chi connectivity index (χ1n) is 4.76. The van der Waals surface area contributed by atoms with Crippen LogP contribution in [0.1, 0.15) is 28.9 Å². The fourth-order valence-electron chi connectivity index (χ4n) is 1.41. The number of hydrogen-bond donors (Lipinski definition) is 2. The standard InChI is InChI=1S/C11H15NO4/c1-6(12)7-4-8(11(13)14)10(16-3)9(5-7)15-2/h4-6H,12H2,1-3H3,(H,13,14). The highest BCUT2D eigenvalue weighted by molar-refractivity contribution is 5.92. The normalized spacial score (nSPS) is 12.0. The first kappa shape index (κ1) is 12.3. The highest BCUT2D eigenvalue weighted by Gasteiger charge is 2.18. The van der Waals surface area contributed by atoms with Gasteiger partial charge in [-0.1, -0.05) is 0 Å². The second kappa shape index (κ2) is 4.85. The molecule has 0 fully saturated rings. The van der Waals surface area contributed by atoms with Gasteiger partial charge in [0.05, 0.1) is 14.2 Å². The van der Waals surface area contributed by atoms with E-state index in [2.05, 4.69) is 0 Å². The number of ether oxygens (including phenoxy) is 2. The smallest absolute Gasteiger partial charge is 0.339 e. The molecule has 16 heavy (non-hydrogen) atoms. The van der Waals surface area contributed by atoms with Crippen molar-refractivity contribution >= 4 is 5.97 Å². The summed E-state index contributed by atoms with van der Waals surface area (Å²) in [4.78, 5) is 11.0. The molecule has 0 aliphatic rings. The molecule has 0 heterocycles. The molecule has 0 bridgehead atoms. The molecule has 88 valence electrons. The molecule has 5 nitrogen and oxygen atoms in total. The van der Waals surface area contributed by atoms with Gasteiger partial charge >= 0.3 is 5.97 Å². The van der Waals surface area contributed by atoms with Gasteiger partial charge < -0.3 is 20.3 Å². The molecule has 1 aromatic carbocycles. The van der Waals surface area contributed by atoms with Gasteiger partial charge in [-0.2, -0.15) is 0 Å². The van der Waals surface area contributed by atoms with Gasteiger partial charge in [0.25, 0.3) is 0 Å². The van der Waals surface area contributed by atoms with Crippen LogP contribution in [0.5, 0.6) is 11.5 Å². The Morgan fingerprint density at radius 3 is 2.38 bits per heavy atom. The van der Waals surface area contributed by atoms with Crippen molar-refractivity contribution in [2.45, 2.75) is 13.0 Å². The van der Waals surface area contributed by atoms with Gasteiger partial charge in [-0.3, -0.25) is 0 Å². The zero-order valence-corrected chi connectivity index (χ0v) is 9.48. The molecule has 0 radical (unpaired) electrons. The number of carboxylic acid groups (broad SMARTS) is 1. The van der Waals surface area contributed by atoms with Crippen LogP contribution in [0.15, 0.2) is 12.1 Å². The van der Waals surface area contributed by atoms with Gasteiger partial charge in [-0.05, 0) is 24.6 Å². The average molecular weight is 225 g/mol. The summed E-state index contributed by atoms with van der Waals surface area (Å²) in [7, 11) is 2.85. The molecule has 0 saturated heterocycles.